The lowest BCUT2D eigenvalue weighted by Crippen LogP contribution is -2.45. The van der Waals surface area contributed by atoms with Gasteiger partial charge in [0, 0.05) is 22.6 Å². The zero-order valence-corrected chi connectivity index (χ0v) is 17.3. The van der Waals surface area contributed by atoms with E-state index in [9.17, 15) is 18.8 Å². The summed E-state index contributed by atoms with van der Waals surface area (Å²) in [5.74, 6) is -0.875. The first kappa shape index (κ1) is 22.5. The topological polar surface area (TPSA) is 103 Å². The lowest BCUT2D eigenvalue weighted by atomic mass is 10.1. The summed E-state index contributed by atoms with van der Waals surface area (Å²) in [6.45, 7) is 3.07. The summed E-state index contributed by atoms with van der Waals surface area (Å²) in [6, 6.07) is 5.97. The molecule has 0 radical (unpaired) electrons. The number of carbonyl (C=O) groups is 3. The van der Waals surface area contributed by atoms with Gasteiger partial charge in [-0.05, 0) is 56.5 Å². The van der Waals surface area contributed by atoms with Gasteiger partial charge in [-0.1, -0.05) is 6.07 Å². The number of thioether (sulfide) groups is 1. The van der Waals surface area contributed by atoms with Crippen LogP contribution < -0.4 is 11.1 Å². The summed E-state index contributed by atoms with van der Waals surface area (Å²) in [5, 5.41) is 2.33. The van der Waals surface area contributed by atoms with Crippen LogP contribution >= 0.6 is 11.8 Å². The lowest BCUT2D eigenvalue weighted by Gasteiger charge is -2.15. The molecule has 1 heterocycles. The van der Waals surface area contributed by atoms with Crippen molar-refractivity contribution in [3.8, 4) is 5.69 Å². The van der Waals surface area contributed by atoms with Gasteiger partial charge >= 0.3 is 12.0 Å². The number of Topliss-reactive ketones (excluding diaryl/α,β-unsaturated/α-hetero) is 1. The van der Waals surface area contributed by atoms with Crippen LogP contribution in [0.15, 0.2) is 30.3 Å². The van der Waals surface area contributed by atoms with Gasteiger partial charge in [0.25, 0.3) is 0 Å². The molecule has 0 spiro atoms. The summed E-state index contributed by atoms with van der Waals surface area (Å²) in [5.41, 5.74) is 7.43. The highest BCUT2D eigenvalue weighted by Crippen LogP contribution is 2.22. The van der Waals surface area contributed by atoms with Gasteiger partial charge in [0.2, 0.25) is 5.78 Å². The first-order valence-corrected chi connectivity index (χ1v) is 10.3. The van der Waals surface area contributed by atoms with E-state index in [0.717, 1.165) is 5.69 Å². The van der Waals surface area contributed by atoms with E-state index in [1.807, 2.05) is 6.26 Å². The third-order valence-corrected chi connectivity index (χ3v) is 5.00. The van der Waals surface area contributed by atoms with Crippen LogP contribution in [-0.2, 0) is 9.53 Å². The van der Waals surface area contributed by atoms with E-state index < -0.39 is 30.4 Å². The van der Waals surface area contributed by atoms with Crippen molar-refractivity contribution in [2.24, 2.45) is 5.73 Å². The minimum Gasteiger partial charge on any atom is -0.456 e. The molecule has 2 rings (SSSR count). The van der Waals surface area contributed by atoms with Crippen LogP contribution in [0.3, 0.4) is 0 Å². The molecule has 2 amide bonds. The molecule has 0 unspecified atom stereocenters. The van der Waals surface area contributed by atoms with Crippen LogP contribution in [0.5, 0.6) is 0 Å². The fourth-order valence-electron chi connectivity index (χ4n) is 3.03. The van der Waals surface area contributed by atoms with Gasteiger partial charge < -0.3 is 20.4 Å². The smallest absolute Gasteiger partial charge is 0.329 e. The Balaban J connectivity index is 2.12. The fraction of sp³-hybridized carbons (Fsp3) is 0.350. The number of nitrogens with one attached hydrogen (secondary N) is 1. The van der Waals surface area contributed by atoms with Gasteiger partial charge in [-0.2, -0.15) is 11.8 Å². The molecular weight excluding hydrogens is 397 g/mol. The zero-order valence-electron chi connectivity index (χ0n) is 16.5. The van der Waals surface area contributed by atoms with Crippen molar-refractivity contribution in [3.63, 3.8) is 0 Å². The van der Waals surface area contributed by atoms with Gasteiger partial charge in [-0.15, -0.1) is 0 Å². The highest BCUT2D eigenvalue weighted by molar-refractivity contribution is 7.98. The lowest BCUT2D eigenvalue weighted by molar-refractivity contribution is -0.144. The van der Waals surface area contributed by atoms with Crippen LogP contribution in [0, 0.1) is 19.7 Å². The number of rotatable bonds is 9. The van der Waals surface area contributed by atoms with Crippen molar-refractivity contribution in [1.29, 1.82) is 0 Å². The Bertz CT molecular complexity index is 913. The van der Waals surface area contributed by atoms with Crippen molar-refractivity contribution >= 4 is 29.5 Å². The van der Waals surface area contributed by atoms with E-state index in [0.29, 0.717) is 29.1 Å². The molecule has 0 bridgehead atoms. The molecule has 29 heavy (non-hydrogen) atoms. The zero-order chi connectivity index (χ0) is 21.6. The van der Waals surface area contributed by atoms with Crippen molar-refractivity contribution in [3.05, 3.63) is 53.1 Å². The minimum atomic E-state index is -0.910. The molecule has 0 aliphatic heterocycles. The first-order valence-electron chi connectivity index (χ1n) is 8.94. The molecule has 3 N–H and O–H groups in total. The second-order valence-corrected chi connectivity index (χ2v) is 7.46. The summed E-state index contributed by atoms with van der Waals surface area (Å²) < 4.78 is 20.4. The number of aryl methyl sites for hydroxylation is 1. The third kappa shape index (κ3) is 5.83. The van der Waals surface area contributed by atoms with Gasteiger partial charge in [-0.3, -0.25) is 4.79 Å². The van der Waals surface area contributed by atoms with E-state index in [4.69, 9.17) is 10.5 Å². The first-order chi connectivity index (χ1) is 13.7. The summed E-state index contributed by atoms with van der Waals surface area (Å²) >= 11 is 1.50. The molecule has 0 saturated heterocycles. The number of esters is 1. The number of ether oxygens (including phenoxy) is 1. The average Bonchev–Trinajstić information content (AvgIpc) is 2.96. The van der Waals surface area contributed by atoms with Crippen molar-refractivity contribution < 1.29 is 23.5 Å². The number of primary amides is 1. The molecule has 1 atom stereocenters. The number of hydrogen-bond acceptors (Lipinski definition) is 5. The van der Waals surface area contributed by atoms with Crippen molar-refractivity contribution in [2.45, 2.75) is 26.3 Å². The number of carbonyl (C=O) groups excluding carboxylic acids is 3. The predicted octanol–water partition coefficient (Wildman–Crippen LogP) is 2.75. The number of benzene rings is 1. The highest BCUT2D eigenvalue weighted by atomic mass is 32.2. The van der Waals surface area contributed by atoms with E-state index in [-0.39, 0.29) is 5.82 Å². The van der Waals surface area contributed by atoms with Gasteiger partial charge in [0.1, 0.15) is 11.9 Å². The maximum Gasteiger partial charge on any atom is 0.329 e. The molecule has 0 saturated carbocycles. The molecule has 9 heteroatoms. The van der Waals surface area contributed by atoms with Crippen LogP contribution in [0.2, 0.25) is 0 Å². The molecule has 0 aliphatic rings. The Kier molecular flexibility index (Phi) is 7.83. The molecule has 0 aliphatic carbocycles. The number of nitrogens with zero attached hydrogens (tertiary/aromatic N) is 1. The largest absolute Gasteiger partial charge is 0.456 e. The van der Waals surface area contributed by atoms with Gasteiger partial charge in [0.15, 0.2) is 6.61 Å². The Labute approximate surface area is 172 Å². The van der Waals surface area contributed by atoms with E-state index in [2.05, 4.69) is 5.32 Å². The Hall–Kier alpha value is -2.81. The van der Waals surface area contributed by atoms with Crippen molar-refractivity contribution in [1.82, 2.24) is 9.88 Å². The Morgan fingerprint density at radius 3 is 2.62 bits per heavy atom. The van der Waals surface area contributed by atoms with Gasteiger partial charge in [-0.25, -0.2) is 14.0 Å². The highest BCUT2D eigenvalue weighted by Gasteiger charge is 2.23. The number of hydrogen-bond donors (Lipinski definition) is 2. The Morgan fingerprint density at radius 2 is 2.00 bits per heavy atom. The molecule has 0 fully saturated rings. The number of halogens is 1. The second kappa shape index (κ2) is 10.1. The summed E-state index contributed by atoms with van der Waals surface area (Å²) in [6.07, 6.45) is 2.20. The van der Waals surface area contributed by atoms with E-state index >= 15 is 0 Å². The number of nitrogens with two attached hydrogens (primary N) is 1. The molecule has 2 aromatic rings. The number of ketones is 1. The van der Waals surface area contributed by atoms with E-state index in [1.165, 1.54) is 23.9 Å². The van der Waals surface area contributed by atoms with E-state index in [1.54, 1.807) is 36.6 Å². The second-order valence-electron chi connectivity index (χ2n) is 6.47. The Morgan fingerprint density at radius 1 is 1.28 bits per heavy atom. The summed E-state index contributed by atoms with van der Waals surface area (Å²) in [4.78, 5) is 35.9. The van der Waals surface area contributed by atoms with Crippen LogP contribution in [0.4, 0.5) is 9.18 Å². The standard InChI is InChI=1S/C20H24FN3O4S/c1-12-9-16(13(2)24(12)15-6-4-5-14(21)10-15)18(25)11-28-19(26)17(7-8-29-3)23-20(22)27/h4-6,9-10,17H,7-8,11H2,1-3H3,(H3,22,23,27)/t17-/m0/s1. The van der Waals surface area contributed by atoms with Crippen LogP contribution in [0.1, 0.15) is 28.2 Å². The van der Waals surface area contributed by atoms with Crippen LogP contribution in [0.25, 0.3) is 5.69 Å². The number of aromatic nitrogens is 1. The van der Waals surface area contributed by atoms with Crippen LogP contribution in [-0.4, -0.2) is 47.0 Å². The average molecular weight is 421 g/mol. The minimum absolute atomic E-state index is 0.339. The maximum absolute atomic E-state index is 13.6. The number of amides is 2. The maximum atomic E-state index is 13.6. The normalized spacial score (nSPS) is 11.7. The predicted molar refractivity (Wildman–Crippen MR) is 110 cm³/mol. The fourth-order valence-corrected chi connectivity index (χ4v) is 3.50. The SMILES string of the molecule is CSCC[C@H](NC(N)=O)C(=O)OCC(=O)c1cc(C)n(-c2cccc(F)c2)c1C. The molecule has 156 valence electrons. The van der Waals surface area contributed by atoms with Crippen molar-refractivity contribution in [2.75, 3.05) is 18.6 Å². The third-order valence-electron chi connectivity index (χ3n) is 4.36. The monoisotopic (exact) mass is 421 g/mol. The molecular formula is C20H24FN3O4S. The molecule has 7 nitrogen and oxygen atoms in total. The van der Waals surface area contributed by atoms with Gasteiger partial charge in [0.05, 0.1) is 0 Å². The number of urea groups is 1. The molecule has 1 aromatic carbocycles. The quantitative estimate of drug-likeness (QED) is 0.479. The molecule has 1 aromatic heterocycles. The summed E-state index contributed by atoms with van der Waals surface area (Å²) in [7, 11) is 0.